The van der Waals surface area contributed by atoms with Gasteiger partial charge in [0.05, 0.1) is 19.8 Å². The zero-order valence-electron chi connectivity index (χ0n) is 9.86. The number of esters is 1. The summed E-state index contributed by atoms with van der Waals surface area (Å²) in [4.78, 5) is 22.0. The fourth-order valence-corrected chi connectivity index (χ4v) is 0.970. The lowest BCUT2D eigenvalue weighted by Crippen LogP contribution is -2.37. The molecule has 0 rings (SSSR count). The molecular weight excluding hydrogens is 214 g/mol. The zero-order valence-corrected chi connectivity index (χ0v) is 9.86. The molecule has 0 aliphatic heterocycles. The molecule has 2 N–H and O–H groups in total. The van der Waals surface area contributed by atoms with Gasteiger partial charge in [0.25, 0.3) is 0 Å². The molecule has 6 heteroatoms. The van der Waals surface area contributed by atoms with Crippen LogP contribution in [0.3, 0.4) is 0 Å². The lowest BCUT2D eigenvalue weighted by Gasteiger charge is -2.11. The summed E-state index contributed by atoms with van der Waals surface area (Å²) in [6.45, 7) is 1.73. The minimum absolute atomic E-state index is 0.0104. The van der Waals surface area contributed by atoms with Gasteiger partial charge in [0.15, 0.2) is 6.10 Å². The number of carbonyl (C=O) groups excluding carboxylic acids is 2. The third-order valence-corrected chi connectivity index (χ3v) is 2.15. The van der Waals surface area contributed by atoms with Crippen LogP contribution in [0.15, 0.2) is 0 Å². The van der Waals surface area contributed by atoms with Crippen LogP contribution in [-0.2, 0) is 19.1 Å². The predicted molar refractivity (Wildman–Crippen MR) is 56.7 cm³/mol. The molecule has 94 valence electrons. The van der Waals surface area contributed by atoms with E-state index in [1.807, 2.05) is 6.92 Å². The number of aliphatic hydroxyl groups excluding tert-OH is 1. The van der Waals surface area contributed by atoms with E-state index in [-0.39, 0.29) is 18.6 Å². The summed E-state index contributed by atoms with van der Waals surface area (Å²) in [7, 11) is 2.75. The number of rotatable bonds is 7. The molecule has 2 atom stereocenters. The third-order valence-electron chi connectivity index (χ3n) is 2.15. The second-order valence-electron chi connectivity index (χ2n) is 3.43. The molecule has 0 spiro atoms. The summed E-state index contributed by atoms with van der Waals surface area (Å²) in [5, 5.41) is 11.6. The van der Waals surface area contributed by atoms with Crippen LogP contribution in [0.2, 0.25) is 0 Å². The Balaban J connectivity index is 3.69. The van der Waals surface area contributed by atoms with Crippen molar-refractivity contribution in [3.8, 4) is 0 Å². The number of hydrogen-bond donors (Lipinski definition) is 2. The van der Waals surface area contributed by atoms with Crippen molar-refractivity contribution in [1.82, 2.24) is 5.32 Å². The van der Waals surface area contributed by atoms with Crippen LogP contribution in [0.4, 0.5) is 0 Å². The van der Waals surface area contributed by atoms with Crippen molar-refractivity contribution < 1.29 is 24.2 Å². The highest BCUT2D eigenvalue weighted by Gasteiger charge is 2.16. The smallest absolute Gasteiger partial charge is 0.336 e. The Morgan fingerprint density at radius 3 is 2.50 bits per heavy atom. The summed E-state index contributed by atoms with van der Waals surface area (Å²) in [5.74, 6) is -0.989. The lowest BCUT2D eigenvalue weighted by atomic mass is 10.2. The fraction of sp³-hybridized carbons (Fsp3) is 0.800. The molecule has 0 bridgehead atoms. The minimum Gasteiger partial charge on any atom is -0.467 e. The molecule has 0 aliphatic carbocycles. The Morgan fingerprint density at radius 2 is 2.00 bits per heavy atom. The highest BCUT2D eigenvalue weighted by atomic mass is 16.5. The van der Waals surface area contributed by atoms with Gasteiger partial charge in [-0.2, -0.15) is 0 Å². The Bertz CT molecular complexity index is 231. The summed E-state index contributed by atoms with van der Waals surface area (Å²) < 4.78 is 9.28. The molecule has 0 aromatic carbocycles. The van der Waals surface area contributed by atoms with Crippen LogP contribution < -0.4 is 5.32 Å². The molecule has 0 aromatic rings. The summed E-state index contributed by atoms with van der Waals surface area (Å²) in [6.07, 6.45) is -0.412. The van der Waals surface area contributed by atoms with E-state index in [1.165, 1.54) is 7.11 Å². The van der Waals surface area contributed by atoms with Crippen LogP contribution in [0.25, 0.3) is 0 Å². The number of carbonyl (C=O) groups is 2. The second-order valence-corrected chi connectivity index (χ2v) is 3.43. The third kappa shape index (κ3) is 6.36. The molecule has 0 aromatic heterocycles. The van der Waals surface area contributed by atoms with E-state index in [1.54, 1.807) is 7.11 Å². The average Bonchev–Trinajstić information content (AvgIpc) is 2.31. The van der Waals surface area contributed by atoms with Gasteiger partial charge < -0.3 is 19.9 Å². The molecule has 6 nitrogen and oxygen atoms in total. The number of nitrogens with one attached hydrogen (secondary N) is 1. The van der Waals surface area contributed by atoms with E-state index in [2.05, 4.69) is 10.1 Å². The number of hydrogen-bond acceptors (Lipinski definition) is 5. The van der Waals surface area contributed by atoms with Gasteiger partial charge in [0.1, 0.15) is 0 Å². The van der Waals surface area contributed by atoms with Crippen LogP contribution in [0.5, 0.6) is 0 Å². The van der Waals surface area contributed by atoms with Gasteiger partial charge in [-0.15, -0.1) is 0 Å². The first-order valence-electron chi connectivity index (χ1n) is 5.06. The second kappa shape index (κ2) is 8.06. The van der Waals surface area contributed by atoms with E-state index >= 15 is 0 Å². The number of amides is 1. The van der Waals surface area contributed by atoms with Gasteiger partial charge in [-0.1, -0.05) is 0 Å². The maximum absolute atomic E-state index is 11.2. The topological polar surface area (TPSA) is 84.9 Å². The predicted octanol–water partition coefficient (Wildman–Crippen LogP) is -0.548. The van der Waals surface area contributed by atoms with Gasteiger partial charge in [-0.25, -0.2) is 4.79 Å². The van der Waals surface area contributed by atoms with Gasteiger partial charge in [0.2, 0.25) is 5.91 Å². The maximum atomic E-state index is 11.2. The maximum Gasteiger partial charge on any atom is 0.336 e. The van der Waals surface area contributed by atoms with Crippen molar-refractivity contribution in [2.45, 2.75) is 32.0 Å². The van der Waals surface area contributed by atoms with Gasteiger partial charge in [-0.05, 0) is 13.3 Å². The van der Waals surface area contributed by atoms with Crippen LogP contribution in [0, 0.1) is 0 Å². The molecule has 0 radical (unpaired) electrons. The normalized spacial score (nSPS) is 14.0. The molecule has 16 heavy (non-hydrogen) atoms. The largest absolute Gasteiger partial charge is 0.467 e. The Labute approximate surface area is 94.9 Å². The van der Waals surface area contributed by atoms with Gasteiger partial charge >= 0.3 is 5.97 Å². The Hall–Kier alpha value is -1.14. The number of methoxy groups -OCH3 is 2. The standard InChI is InChI=1S/C10H19NO5/c1-7(15-2)4-5-9(13)11-6-8(12)10(14)16-3/h7-8,12H,4-6H2,1-3H3,(H,11,13). The summed E-state index contributed by atoms with van der Waals surface area (Å²) in [6, 6.07) is 0. The van der Waals surface area contributed by atoms with Crippen LogP contribution >= 0.6 is 0 Å². The molecule has 0 saturated carbocycles. The van der Waals surface area contributed by atoms with Crippen LogP contribution in [0.1, 0.15) is 19.8 Å². The number of ether oxygens (including phenoxy) is 2. The SMILES string of the molecule is COC(=O)C(O)CNC(=O)CCC(C)OC. The lowest BCUT2D eigenvalue weighted by molar-refractivity contribution is -0.150. The summed E-state index contributed by atoms with van der Waals surface area (Å²) in [5.41, 5.74) is 0. The molecule has 0 aliphatic rings. The molecule has 0 saturated heterocycles. The summed E-state index contributed by atoms with van der Waals surface area (Å²) >= 11 is 0. The Morgan fingerprint density at radius 1 is 1.38 bits per heavy atom. The molecule has 0 heterocycles. The van der Waals surface area contributed by atoms with Crippen molar-refractivity contribution in [3.05, 3.63) is 0 Å². The highest BCUT2D eigenvalue weighted by Crippen LogP contribution is 1.99. The van der Waals surface area contributed by atoms with Crippen molar-refractivity contribution in [2.75, 3.05) is 20.8 Å². The van der Waals surface area contributed by atoms with E-state index < -0.39 is 12.1 Å². The van der Waals surface area contributed by atoms with Crippen molar-refractivity contribution >= 4 is 11.9 Å². The highest BCUT2D eigenvalue weighted by molar-refractivity contribution is 5.78. The van der Waals surface area contributed by atoms with E-state index in [9.17, 15) is 14.7 Å². The van der Waals surface area contributed by atoms with Crippen LogP contribution in [-0.4, -0.2) is 50.0 Å². The average molecular weight is 233 g/mol. The first kappa shape index (κ1) is 14.9. The van der Waals surface area contributed by atoms with Gasteiger partial charge in [0, 0.05) is 13.5 Å². The minimum atomic E-state index is -1.31. The monoisotopic (exact) mass is 233 g/mol. The first-order chi connectivity index (χ1) is 7.51. The van der Waals surface area contributed by atoms with Crippen molar-refractivity contribution in [3.63, 3.8) is 0 Å². The van der Waals surface area contributed by atoms with Crippen molar-refractivity contribution in [1.29, 1.82) is 0 Å². The fourth-order valence-electron chi connectivity index (χ4n) is 0.970. The Kier molecular flexibility index (Phi) is 7.49. The van der Waals surface area contributed by atoms with E-state index in [0.717, 1.165) is 0 Å². The quantitative estimate of drug-likeness (QED) is 0.576. The number of aliphatic hydroxyl groups is 1. The zero-order chi connectivity index (χ0) is 12.6. The molecule has 1 amide bonds. The van der Waals surface area contributed by atoms with E-state index in [0.29, 0.717) is 12.8 Å². The van der Waals surface area contributed by atoms with E-state index in [4.69, 9.17) is 4.74 Å². The first-order valence-corrected chi connectivity index (χ1v) is 5.06. The van der Waals surface area contributed by atoms with Crippen molar-refractivity contribution in [2.24, 2.45) is 0 Å². The van der Waals surface area contributed by atoms with Gasteiger partial charge in [-0.3, -0.25) is 4.79 Å². The molecular formula is C10H19NO5. The molecule has 2 unspecified atom stereocenters. The molecule has 0 fully saturated rings.